The van der Waals surface area contributed by atoms with Crippen LogP contribution >= 0.6 is 0 Å². The first-order chi connectivity index (χ1) is 33.6. The lowest BCUT2D eigenvalue weighted by Crippen LogP contribution is -2.61. The van der Waals surface area contributed by atoms with E-state index in [1.165, 1.54) is 12.0 Å². The summed E-state index contributed by atoms with van der Waals surface area (Å²) in [4.78, 5) is 58.7. The molecule has 15 atom stereocenters. The molecule has 1 saturated carbocycles. The number of nitrogens with two attached hydrogens (primary N) is 1. The lowest BCUT2D eigenvalue weighted by molar-refractivity contribution is -0.264. The van der Waals surface area contributed by atoms with Gasteiger partial charge >= 0.3 is 5.97 Å². The van der Waals surface area contributed by atoms with Gasteiger partial charge in [0.05, 0.1) is 32.4 Å². The maximum atomic E-state index is 14.6. The number of quaternary nitrogens is 1. The van der Waals surface area contributed by atoms with E-state index in [1.54, 1.807) is 27.0 Å². The molecule has 1 aliphatic carbocycles. The molecular weight excluding hydrogens is 903 g/mol. The van der Waals surface area contributed by atoms with Crippen molar-refractivity contribution in [3.63, 3.8) is 0 Å². The van der Waals surface area contributed by atoms with Crippen molar-refractivity contribution in [1.29, 1.82) is 0 Å². The number of carbonyl (C=O) groups is 4. The number of benzene rings is 1. The average molecular weight is 991 g/mol. The number of cyclic esters (lactones) is 1. The van der Waals surface area contributed by atoms with Crippen molar-refractivity contribution in [3.05, 3.63) is 77.9 Å². The predicted octanol–water partition coefficient (Wildman–Crippen LogP) is 7.31. The molecule has 1 aromatic carbocycles. The minimum Gasteiger partial charge on any atom is -0.461 e. The Kier molecular flexibility index (Phi) is 21.6. The molecule has 0 radical (unpaired) electrons. The highest BCUT2D eigenvalue weighted by Crippen LogP contribution is 2.39. The number of aliphatic hydroxyl groups excluding tert-OH is 2. The zero-order valence-corrected chi connectivity index (χ0v) is 44.4. The van der Waals surface area contributed by atoms with E-state index in [0.29, 0.717) is 80.7 Å². The van der Waals surface area contributed by atoms with Gasteiger partial charge in [-0.2, -0.15) is 0 Å². The van der Waals surface area contributed by atoms with Crippen LogP contribution in [0.1, 0.15) is 125 Å². The first-order valence-electron chi connectivity index (χ1n) is 26.4. The van der Waals surface area contributed by atoms with E-state index < -0.39 is 77.9 Å². The van der Waals surface area contributed by atoms with E-state index >= 15 is 0 Å². The summed E-state index contributed by atoms with van der Waals surface area (Å²) in [7, 11) is 7.27. The van der Waals surface area contributed by atoms with E-state index in [9.17, 15) is 34.5 Å². The molecular formula is C57H88N3O11+. The molecule has 14 heteroatoms. The number of fused-ring (bicyclic) bond motifs is 3. The van der Waals surface area contributed by atoms with E-state index in [0.717, 1.165) is 17.7 Å². The molecule has 5 N–H and O–H groups in total. The Morgan fingerprint density at radius 1 is 0.859 bits per heavy atom. The van der Waals surface area contributed by atoms with Crippen LogP contribution in [0.3, 0.4) is 0 Å². The number of hydrogen-bond donors (Lipinski definition) is 4. The number of rotatable bonds is 7. The number of methoxy groups -OCH3 is 2. The molecule has 396 valence electrons. The van der Waals surface area contributed by atoms with Crippen molar-refractivity contribution >= 4 is 29.1 Å². The van der Waals surface area contributed by atoms with Gasteiger partial charge in [0.15, 0.2) is 5.78 Å². The molecule has 0 aromatic heterocycles. The smallest absolute Gasteiger partial charge is 0.329 e. The monoisotopic (exact) mass is 991 g/mol. The number of likely N-dealkylation sites (N-methyl/N-ethyl adjacent to an activating group) is 1. The quantitative estimate of drug-likeness (QED) is 0.0922. The first-order valence-corrected chi connectivity index (χ1v) is 26.4. The number of Topliss-reactive ketones (excluding diaryl/α,β-unsaturated/α-hetero) is 2. The number of nitrogens with zero attached hydrogens (tertiary/aromatic N) is 2. The number of para-hydroxylation sites is 1. The molecule has 14 nitrogen and oxygen atoms in total. The Labute approximate surface area is 424 Å². The van der Waals surface area contributed by atoms with Gasteiger partial charge < -0.3 is 44.9 Å². The lowest BCUT2D eigenvalue weighted by Gasteiger charge is -2.45. The highest BCUT2D eigenvalue weighted by atomic mass is 16.6. The Balaban J connectivity index is 1.50. The molecule has 4 aliphatic rings. The summed E-state index contributed by atoms with van der Waals surface area (Å²) in [6.45, 7) is 11.6. The van der Waals surface area contributed by atoms with Gasteiger partial charge in [-0.3, -0.25) is 18.9 Å². The Morgan fingerprint density at radius 2 is 1.58 bits per heavy atom. The van der Waals surface area contributed by atoms with Crippen LogP contribution in [0.4, 0.5) is 5.69 Å². The number of aliphatic hydroxyl groups is 3. The highest BCUT2D eigenvalue weighted by Gasteiger charge is 2.53. The molecule has 71 heavy (non-hydrogen) atoms. The van der Waals surface area contributed by atoms with Crippen molar-refractivity contribution in [2.75, 3.05) is 34.9 Å². The van der Waals surface area contributed by atoms with Crippen LogP contribution in [0.25, 0.3) is 0 Å². The van der Waals surface area contributed by atoms with Crippen LogP contribution in [0, 0.1) is 29.6 Å². The van der Waals surface area contributed by atoms with E-state index in [4.69, 9.17) is 24.7 Å². The summed E-state index contributed by atoms with van der Waals surface area (Å²) in [6, 6.07) is 8.33. The van der Waals surface area contributed by atoms with Gasteiger partial charge in [0.2, 0.25) is 5.79 Å². The number of allylic oxidation sites excluding steroid dienone is 5. The maximum Gasteiger partial charge on any atom is 0.329 e. The molecule has 2 bridgehead atoms. The van der Waals surface area contributed by atoms with Crippen LogP contribution in [-0.2, 0) is 38.1 Å². The van der Waals surface area contributed by atoms with Crippen LogP contribution in [-0.4, -0.2) is 139 Å². The van der Waals surface area contributed by atoms with E-state index in [2.05, 4.69) is 39.2 Å². The standard InChI is InChI=1S/C57H88N3O11/c1-36-19-13-11-14-20-37(2)47(60(7,8)44-21-15-12-16-22-44)35-45-27-24-41(6)57(67,71-45)54(64)55(65)59-30-18-17-23-46(59)56(66)70-49(38(3)32-42-25-28-48(61)50(34-42)68-9)29-26-43(58)33-40(5)52(63)53(69-10)51(62)39(4)31-36/h11-16,19-22,33,36,38-39,41-43,45-50,52-53,61,63,67H,17-18,23-32,34-35,58H2,1-10H3/q+1/b14-11+,19-13+,37-20+,40-33+/t36-,38-,39?,41?,42?,43+,45+,46?,47+,48-,49+,50?,52?,53+,57?/m1/s1. The molecule has 7 unspecified atom stereocenters. The predicted molar refractivity (Wildman–Crippen MR) is 277 cm³/mol. The Morgan fingerprint density at radius 3 is 2.27 bits per heavy atom. The van der Waals surface area contributed by atoms with Gasteiger partial charge in [-0.15, -0.1) is 0 Å². The van der Waals surface area contributed by atoms with Crippen molar-refractivity contribution in [1.82, 2.24) is 9.38 Å². The van der Waals surface area contributed by atoms with Crippen molar-refractivity contribution in [2.24, 2.45) is 35.3 Å². The number of ketones is 2. The fourth-order valence-electron chi connectivity index (χ4n) is 11.6. The third-order valence-corrected chi connectivity index (χ3v) is 16.3. The summed E-state index contributed by atoms with van der Waals surface area (Å²) in [5.41, 5.74) is 9.31. The molecule has 5 rings (SSSR count). The van der Waals surface area contributed by atoms with E-state index in [-0.39, 0.29) is 48.6 Å². The van der Waals surface area contributed by atoms with Crippen LogP contribution in [0.2, 0.25) is 0 Å². The number of carbonyl (C=O) groups excluding carboxylic acids is 4. The van der Waals surface area contributed by atoms with Gasteiger partial charge in [-0.25, -0.2) is 4.79 Å². The second-order valence-electron chi connectivity index (χ2n) is 22.0. The Hall–Kier alpha value is -3.86. The number of hydrogen-bond acceptors (Lipinski definition) is 12. The Bertz CT molecular complexity index is 2050. The topological polar surface area (TPSA) is 195 Å². The number of piperidine rings is 1. The van der Waals surface area contributed by atoms with Gasteiger partial charge in [0.1, 0.15) is 36.1 Å². The SMILES string of the molecule is COC1CC(C[C@@H](C)[C@@H]2CC[C@H](N)/C=C(\C)C(O)[C@@H](OC)C(=O)C(C)C[C@H](C)/C=C/C=C/C=C(\C)[C@@H]([N+](C)(C)c3ccccc3)C[C@@H]3CCC(C)C(O)(O3)C(=O)C(=O)N3CCCCC3C(=O)O2)CC[C@H]1O. The van der Waals surface area contributed by atoms with Crippen LogP contribution in [0.5, 0.6) is 0 Å². The van der Waals surface area contributed by atoms with Gasteiger partial charge in [-0.1, -0.05) is 82.4 Å². The fourth-order valence-corrected chi connectivity index (χ4v) is 11.6. The minimum atomic E-state index is -2.41. The molecule has 2 saturated heterocycles. The second kappa shape index (κ2) is 26.4. The minimum absolute atomic E-state index is 0.0383. The van der Waals surface area contributed by atoms with Gasteiger partial charge in [0, 0.05) is 45.1 Å². The first kappa shape index (κ1) is 58.0. The third kappa shape index (κ3) is 14.9. The fraction of sp³-hybridized carbons (Fsp3) is 0.684. The van der Waals surface area contributed by atoms with Crippen molar-refractivity contribution in [2.45, 2.75) is 186 Å². The molecule has 0 spiro atoms. The molecule has 3 aliphatic heterocycles. The largest absolute Gasteiger partial charge is 0.461 e. The zero-order valence-electron chi connectivity index (χ0n) is 44.4. The zero-order chi connectivity index (χ0) is 52.2. The molecule has 3 heterocycles. The normalized spacial score (nSPS) is 38.2. The number of esters is 1. The summed E-state index contributed by atoms with van der Waals surface area (Å²) in [5.74, 6) is -6.31. The van der Waals surface area contributed by atoms with Crippen LogP contribution < -0.4 is 10.2 Å². The summed E-state index contributed by atoms with van der Waals surface area (Å²) in [5, 5.41) is 34.4. The third-order valence-electron chi connectivity index (χ3n) is 16.3. The maximum absolute atomic E-state index is 14.6. The average Bonchev–Trinajstić information content (AvgIpc) is 3.35. The van der Waals surface area contributed by atoms with Crippen molar-refractivity contribution in [3.8, 4) is 0 Å². The summed E-state index contributed by atoms with van der Waals surface area (Å²) in [6.07, 6.45) is 14.3. The van der Waals surface area contributed by atoms with E-state index in [1.807, 2.05) is 63.3 Å². The molecule has 1 amide bonds. The summed E-state index contributed by atoms with van der Waals surface area (Å²) < 4.78 is 24.6. The number of ether oxygens (including phenoxy) is 4. The highest BCUT2D eigenvalue weighted by molar-refractivity contribution is 6.39. The van der Waals surface area contributed by atoms with Crippen LogP contribution in [0.15, 0.2) is 77.9 Å². The van der Waals surface area contributed by atoms with Gasteiger partial charge in [-0.05, 0) is 132 Å². The van der Waals surface area contributed by atoms with Gasteiger partial charge in [0.25, 0.3) is 11.7 Å². The lowest BCUT2D eigenvalue weighted by atomic mass is 9.78. The summed E-state index contributed by atoms with van der Waals surface area (Å²) >= 11 is 0. The van der Waals surface area contributed by atoms with Crippen molar-refractivity contribution < 1.29 is 53.4 Å². The molecule has 3 fully saturated rings. The second-order valence-corrected chi connectivity index (χ2v) is 22.0. The number of amides is 1. The molecule has 1 aromatic rings.